The molecule has 0 aromatic heterocycles. The fourth-order valence-corrected chi connectivity index (χ4v) is 1.54. The van der Waals surface area contributed by atoms with Gasteiger partial charge in [0.25, 0.3) is 0 Å². The smallest absolute Gasteiger partial charge is 0.314 e. The van der Waals surface area contributed by atoms with E-state index in [0.717, 1.165) is 0 Å². The quantitative estimate of drug-likeness (QED) is 0.596. The van der Waals surface area contributed by atoms with Crippen LogP contribution in [0.1, 0.15) is 40.5 Å². The van der Waals surface area contributed by atoms with Crippen LogP contribution in [-0.4, -0.2) is 42.4 Å². The van der Waals surface area contributed by atoms with Gasteiger partial charge in [0.15, 0.2) is 0 Å². The van der Waals surface area contributed by atoms with Gasteiger partial charge in [0, 0.05) is 26.1 Å². The lowest BCUT2D eigenvalue weighted by Gasteiger charge is -2.25. The molecule has 0 aromatic carbocycles. The van der Waals surface area contributed by atoms with Crippen molar-refractivity contribution >= 4 is 12.0 Å². The summed E-state index contributed by atoms with van der Waals surface area (Å²) in [5, 5.41) is 14.0. The second-order valence-electron chi connectivity index (χ2n) is 5.29. The topological polar surface area (TPSA) is 87.7 Å². The summed E-state index contributed by atoms with van der Waals surface area (Å²) in [6.07, 6.45) is 0.682. The molecule has 19 heavy (non-hydrogen) atoms. The maximum Gasteiger partial charge on any atom is 0.314 e. The molecule has 0 aromatic rings. The van der Waals surface area contributed by atoms with Gasteiger partial charge in [-0.05, 0) is 33.1 Å². The van der Waals surface area contributed by atoms with Crippen molar-refractivity contribution in [1.29, 1.82) is 0 Å². The first-order valence-corrected chi connectivity index (χ1v) is 6.64. The Kier molecular flexibility index (Phi) is 8.14. The molecule has 0 saturated heterocycles. The molecule has 0 saturated carbocycles. The first-order chi connectivity index (χ1) is 8.76. The van der Waals surface area contributed by atoms with Crippen molar-refractivity contribution in [3.63, 3.8) is 0 Å². The highest BCUT2D eigenvalue weighted by atomic mass is 16.5. The monoisotopic (exact) mass is 274 g/mol. The van der Waals surface area contributed by atoms with E-state index < -0.39 is 5.97 Å². The van der Waals surface area contributed by atoms with Crippen LogP contribution in [0, 0.1) is 5.92 Å². The summed E-state index contributed by atoms with van der Waals surface area (Å²) < 4.78 is 5.46. The third-order valence-corrected chi connectivity index (χ3v) is 2.67. The lowest BCUT2D eigenvalue weighted by Crippen LogP contribution is -2.45. The highest BCUT2D eigenvalue weighted by Gasteiger charge is 2.18. The molecular weight excluding hydrogens is 248 g/mol. The SMILES string of the molecule is CCOC(C)(C)CNC(=O)NCC(C)CCC(=O)O. The predicted molar refractivity (Wildman–Crippen MR) is 73.1 cm³/mol. The largest absolute Gasteiger partial charge is 0.481 e. The molecule has 0 radical (unpaired) electrons. The van der Waals surface area contributed by atoms with Crippen LogP contribution in [-0.2, 0) is 9.53 Å². The van der Waals surface area contributed by atoms with Gasteiger partial charge in [-0.1, -0.05) is 6.92 Å². The molecule has 0 aliphatic carbocycles. The molecule has 6 heteroatoms. The Bertz CT molecular complexity index is 292. The van der Waals surface area contributed by atoms with Crippen molar-refractivity contribution in [3.8, 4) is 0 Å². The Morgan fingerprint density at radius 2 is 1.95 bits per heavy atom. The molecule has 6 nitrogen and oxygen atoms in total. The maximum atomic E-state index is 11.5. The molecule has 1 atom stereocenters. The van der Waals surface area contributed by atoms with Crippen LogP contribution in [0.2, 0.25) is 0 Å². The van der Waals surface area contributed by atoms with E-state index in [4.69, 9.17) is 9.84 Å². The fourth-order valence-electron chi connectivity index (χ4n) is 1.54. The van der Waals surface area contributed by atoms with Gasteiger partial charge in [-0.25, -0.2) is 4.79 Å². The van der Waals surface area contributed by atoms with Gasteiger partial charge in [0.1, 0.15) is 0 Å². The standard InChI is InChI=1S/C13H26N2O4/c1-5-19-13(3,4)9-15-12(18)14-8-10(2)6-7-11(16)17/h10H,5-9H2,1-4H3,(H,16,17)(H2,14,15,18). The van der Waals surface area contributed by atoms with Crippen LogP contribution in [0.25, 0.3) is 0 Å². The molecule has 0 spiro atoms. The van der Waals surface area contributed by atoms with Crippen molar-refractivity contribution < 1.29 is 19.4 Å². The highest BCUT2D eigenvalue weighted by molar-refractivity contribution is 5.73. The summed E-state index contributed by atoms with van der Waals surface area (Å²) in [6.45, 7) is 9.13. The van der Waals surface area contributed by atoms with Crippen LogP contribution in [0.4, 0.5) is 4.79 Å². The normalized spacial score (nSPS) is 12.8. The van der Waals surface area contributed by atoms with Gasteiger partial charge in [-0.15, -0.1) is 0 Å². The number of carboxylic acid groups (broad SMARTS) is 1. The second kappa shape index (κ2) is 8.74. The third-order valence-electron chi connectivity index (χ3n) is 2.67. The molecule has 3 N–H and O–H groups in total. The van der Waals surface area contributed by atoms with Gasteiger partial charge in [0.2, 0.25) is 0 Å². The van der Waals surface area contributed by atoms with E-state index in [1.165, 1.54) is 0 Å². The molecule has 0 bridgehead atoms. The van der Waals surface area contributed by atoms with Crippen molar-refractivity contribution in [2.75, 3.05) is 19.7 Å². The predicted octanol–water partition coefficient (Wildman–Crippen LogP) is 1.60. The molecule has 0 aliphatic heterocycles. The molecule has 0 rings (SSSR count). The van der Waals surface area contributed by atoms with E-state index in [-0.39, 0.29) is 24.0 Å². The van der Waals surface area contributed by atoms with Crippen LogP contribution in [0.5, 0.6) is 0 Å². The summed E-state index contributed by atoms with van der Waals surface area (Å²) in [6, 6.07) is -0.255. The molecule has 0 fully saturated rings. The van der Waals surface area contributed by atoms with Crippen LogP contribution < -0.4 is 10.6 Å². The fraction of sp³-hybridized carbons (Fsp3) is 0.846. The molecule has 0 aliphatic rings. The average molecular weight is 274 g/mol. The number of carbonyl (C=O) groups is 2. The first kappa shape index (κ1) is 17.7. The zero-order chi connectivity index (χ0) is 14.9. The number of hydrogen-bond acceptors (Lipinski definition) is 3. The Morgan fingerprint density at radius 1 is 1.32 bits per heavy atom. The summed E-state index contributed by atoms with van der Waals surface area (Å²) in [4.78, 5) is 21.9. The van der Waals surface area contributed by atoms with Crippen molar-refractivity contribution in [2.24, 2.45) is 5.92 Å². The minimum absolute atomic E-state index is 0.127. The second-order valence-corrected chi connectivity index (χ2v) is 5.29. The summed E-state index contributed by atoms with van der Waals surface area (Å²) >= 11 is 0. The van der Waals surface area contributed by atoms with Crippen molar-refractivity contribution in [2.45, 2.75) is 46.1 Å². The molecule has 0 heterocycles. The van der Waals surface area contributed by atoms with Gasteiger partial charge < -0.3 is 20.5 Å². The number of hydrogen-bond donors (Lipinski definition) is 3. The molecule has 1 unspecified atom stereocenters. The van der Waals surface area contributed by atoms with Crippen LogP contribution in [0.3, 0.4) is 0 Å². The number of rotatable bonds is 9. The van der Waals surface area contributed by atoms with Gasteiger partial charge in [-0.2, -0.15) is 0 Å². The zero-order valence-electron chi connectivity index (χ0n) is 12.3. The van der Waals surface area contributed by atoms with E-state index in [2.05, 4.69) is 10.6 Å². The third kappa shape index (κ3) is 10.3. The number of ether oxygens (including phenoxy) is 1. The van der Waals surface area contributed by atoms with E-state index in [0.29, 0.717) is 26.1 Å². The number of carbonyl (C=O) groups excluding carboxylic acids is 1. The average Bonchev–Trinajstić information content (AvgIpc) is 2.31. The molecule has 112 valence electrons. The van der Waals surface area contributed by atoms with Crippen LogP contribution >= 0.6 is 0 Å². The summed E-state index contributed by atoms with van der Waals surface area (Å²) in [5.74, 6) is -0.670. The molecular formula is C13H26N2O4. The summed E-state index contributed by atoms with van der Waals surface area (Å²) in [7, 11) is 0. The van der Waals surface area contributed by atoms with E-state index in [1.54, 1.807) is 0 Å². The number of carboxylic acids is 1. The lowest BCUT2D eigenvalue weighted by atomic mass is 10.1. The Hall–Kier alpha value is -1.30. The Morgan fingerprint density at radius 3 is 2.47 bits per heavy atom. The number of nitrogens with one attached hydrogen (secondary N) is 2. The van der Waals surface area contributed by atoms with E-state index in [1.807, 2.05) is 27.7 Å². The van der Waals surface area contributed by atoms with Crippen LogP contribution in [0.15, 0.2) is 0 Å². The maximum absolute atomic E-state index is 11.5. The van der Waals surface area contributed by atoms with Crippen molar-refractivity contribution in [1.82, 2.24) is 10.6 Å². The molecule has 2 amide bonds. The van der Waals surface area contributed by atoms with Gasteiger partial charge in [-0.3, -0.25) is 4.79 Å². The van der Waals surface area contributed by atoms with E-state index >= 15 is 0 Å². The summed E-state index contributed by atoms with van der Waals surface area (Å²) in [5.41, 5.74) is -0.388. The minimum Gasteiger partial charge on any atom is -0.481 e. The minimum atomic E-state index is -0.810. The van der Waals surface area contributed by atoms with Gasteiger partial charge >= 0.3 is 12.0 Å². The number of aliphatic carboxylic acids is 1. The van der Waals surface area contributed by atoms with Gasteiger partial charge in [0.05, 0.1) is 5.60 Å². The first-order valence-electron chi connectivity index (χ1n) is 6.64. The lowest BCUT2D eigenvalue weighted by molar-refractivity contribution is -0.137. The number of urea groups is 1. The Labute approximate surface area is 114 Å². The zero-order valence-corrected chi connectivity index (χ0v) is 12.3. The Balaban J connectivity index is 3.78. The number of amides is 2. The van der Waals surface area contributed by atoms with Crippen molar-refractivity contribution in [3.05, 3.63) is 0 Å². The van der Waals surface area contributed by atoms with E-state index in [9.17, 15) is 9.59 Å². The highest BCUT2D eigenvalue weighted by Crippen LogP contribution is 2.07.